The number of rotatable bonds is 5. The SMILES string of the molecule is CC[NH+]1CCN(C(=O)CN(c2cccc(F)c2)S(C)(=O)=O)CC1. The molecule has 128 valence electrons. The highest BCUT2D eigenvalue weighted by Gasteiger charge is 2.27. The van der Waals surface area contributed by atoms with Gasteiger partial charge in [-0.2, -0.15) is 0 Å². The van der Waals surface area contributed by atoms with Gasteiger partial charge in [0, 0.05) is 0 Å². The smallest absolute Gasteiger partial charge is 0.243 e. The van der Waals surface area contributed by atoms with Crippen LogP contribution >= 0.6 is 0 Å². The molecule has 0 unspecified atom stereocenters. The Balaban J connectivity index is 2.11. The van der Waals surface area contributed by atoms with E-state index in [9.17, 15) is 17.6 Å². The number of hydrogen-bond donors (Lipinski definition) is 1. The topological polar surface area (TPSA) is 62.1 Å². The number of benzene rings is 1. The normalized spacial score (nSPS) is 16.4. The fourth-order valence-electron chi connectivity index (χ4n) is 2.68. The van der Waals surface area contributed by atoms with Crippen molar-refractivity contribution < 1.29 is 22.5 Å². The highest BCUT2D eigenvalue weighted by atomic mass is 32.2. The number of carbonyl (C=O) groups excluding carboxylic acids is 1. The van der Waals surface area contributed by atoms with Crippen LogP contribution in [0.4, 0.5) is 10.1 Å². The van der Waals surface area contributed by atoms with Crippen LogP contribution in [0.15, 0.2) is 24.3 Å². The Morgan fingerprint density at radius 2 is 2.00 bits per heavy atom. The Morgan fingerprint density at radius 1 is 1.35 bits per heavy atom. The Hall–Kier alpha value is -1.67. The van der Waals surface area contributed by atoms with E-state index < -0.39 is 15.8 Å². The zero-order valence-corrected chi connectivity index (χ0v) is 14.3. The molecule has 1 saturated heterocycles. The van der Waals surface area contributed by atoms with Crippen LogP contribution in [-0.4, -0.2) is 64.7 Å². The maximum atomic E-state index is 13.4. The molecule has 0 saturated carbocycles. The van der Waals surface area contributed by atoms with Crippen LogP contribution in [0.25, 0.3) is 0 Å². The van der Waals surface area contributed by atoms with E-state index in [0.717, 1.165) is 36.3 Å². The van der Waals surface area contributed by atoms with Gasteiger partial charge in [0.05, 0.1) is 44.7 Å². The minimum Gasteiger partial charge on any atom is -0.332 e. The second-order valence-corrected chi connectivity index (χ2v) is 7.64. The molecular weight excluding hydrogens is 321 g/mol. The Bertz CT molecular complexity index is 658. The summed E-state index contributed by atoms with van der Waals surface area (Å²) < 4.78 is 38.3. The summed E-state index contributed by atoms with van der Waals surface area (Å²) in [5, 5.41) is 0. The first-order valence-corrected chi connectivity index (χ1v) is 9.50. The van der Waals surface area contributed by atoms with Gasteiger partial charge in [-0.25, -0.2) is 12.8 Å². The average Bonchev–Trinajstić information content (AvgIpc) is 2.51. The van der Waals surface area contributed by atoms with Crippen molar-refractivity contribution in [2.75, 3.05) is 49.8 Å². The van der Waals surface area contributed by atoms with Gasteiger partial charge in [-0.05, 0) is 25.1 Å². The molecule has 0 bridgehead atoms. The van der Waals surface area contributed by atoms with E-state index in [1.165, 1.54) is 23.1 Å². The quantitative estimate of drug-likeness (QED) is 0.771. The molecule has 0 aromatic heterocycles. The Labute approximate surface area is 136 Å². The molecule has 1 N–H and O–H groups in total. The molecule has 1 aromatic carbocycles. The summed E-state index contributed by atoms with van der Waals surface area (Å²) >= 11 is 0. The van der Waals surface area contributed by atoms with E-state index in [1.807, 2.05) is 0 Å². The van der Waals surface area contributed by atoms with E-state index in [0.29, 0.717) is 13.1 Å². The first kappa shape index (κ1) is 17.7. The van der Waals surface area contributed by atoms with Crippen LogP contribution in [0, 0.1) is 5.82 Å². The van der Waals surface area contributed by atoms with E-state index in [2.05, 4.69) is 6.92 Å². The molecule has 0 aliphatic carbocycles. The standard InChI is InChI=1S/C15H22FN3O3S/c1-3-17-7-9-18(10-8-17)15(20)12-19(23(2,21)22)14-6-4-5-13(16)11-14/h4-6,11H,3,7-10,12H2,1-2H3/p+1. The lowest BCUT2D eigenvalue weighted by molar-refractivity contribution is -0.902. The summed E-state index contributed by atoms with van der Waals surface area (Å²) in [5.41, 5.74) is 0.165. The number of amides is 1. The largest absolute Gasteiger partial charge is 0.332 e. The molecule has 1 fully saturated rings. The van der Waals surface area contributed by atoms with Crippen LogP contribution in [0.2, 0.25) is 0 Å². The van der Waals surface area contributed by atoms with Gasteiger partial charge in [-0.15, -0.1) is 0 Å². The third-order valence-corrected chi connectivity index (χ3v) is 5.24. The summed E-state index contributed by atoms with van der Waals surface area (Å²) in [7, 11) is -3.67. The van der Waals surface area contributed by atoms with E-state index in [1.54, 1.807) is 4.90 Å². The van der Waals surface area contributed by atoms with Crippen molar-refractivity contribution in [1.29, 1.82) is 0 Å². The van der Waals surface area contributed by atoms with Crippen molar-refractivity contribution >= 4 is 21.6 Å². The first-order chi connectivity index (χ1) is 10.8. The molecule has 0 radical (unpaired) electrons. The van der Waals surface area contributed by atoms with Gasteiger partial charge in [0.25, 0.3) is 0 Å². The lowest BCUT2D eigenvalue weighted by atomic mass is 10.3. The van der Waals surface area contributed by atoms with Crippen molar-refractivity contribution in [2.45, 2.75) is 6.92 Å². The minimum atomic E-state index is -3.67. The van der Waals surface area contributed by atoms with E-state index in [-0.39, 0.29) is 18.1 Å². The molecule has 1 heterocycles. The van der Waals surface area contributed by atoms with Gasteiger partial charge in [0.1, 0.15) is 12.4 Å². The number of halogens is 1. The Kier molecular flexibility index (Phi) is 5.59. The number of likely N-dealkylation sites (N-methyl/N-ethyl adjacent to an activating group) is 1. The lowest BCUT2D eigenvalue weighted by Gasteiger charge is -2.33. The highest BCUT2D eigenvalue weighted by Crippen LogP contribution is 2.18. The molecule has 1 aliphatic rings. The van der Waals surface area contributed by atoms with E-state index in [4.69, 9.17) is 0 Å². The number of hydrogen-bond acceptors (Lipinski definition) is 3. The summed E-state index contributed by atoms with van der Waals surface area (Å²) in [6.07, 6.45) is 1.02. The van der Waals surface area contributed by atoms with Crippen molar-refractivity contribution in [3.63, 3.8) is 0 Å². The predicted molar refractivity (Wildman–Crippen MR) is 86.4 cm³/mol. The summed E-state index contributed by atoms with van der Waals surface area (Å²) in [6, 6.07) is 5.26. The van der Waals surface area contributed by atoms with Crippen molar-refractivity contribution in [3.8, 4) is 0 Å². The molecular formula is C15H23FN3O3S+. The van der Waals surface area contributed by atoms with Gasteiger partial charge >= 0.3 is 0 Å². The molecule has 2 rings (SSSR count). The molecule has 1 aromatic rings. The number of sulfonamides is 1. The Morgan fingerprint density at radius 3 is 2.52 bits per heavy atom. The summed E-state index contributed by atoms with van der Waals surface area (Å²) in [5.74, 6) is -0.793. The first-order valence-electron chi connectivity index (χ1n) is 7.66. The molecule has 1 aliphatic heterocycles. The molecule has 1 amide bonds. The fourth-order valence-corrected chi connectivity index (χ4v) is 3.52. The van der Waals surface area contributed by atoms with Crippen LogP contribution in [0.5, 0.6) is 0 Å². The van der Waals surface area contributed by atoms with Gasteiger partial charge < -0.3 is 9.80 Å². The fraction of sp³-hybridized carbons (Fsp3) is 0.533. The van der Waals surface area contributed by atoms with Crippen LogP contribution < -0.4 is 9.21 Å². The van der Waals surface area contributed by atoms with Crippen LogP contribution in [0.1, 0.15) is 6.92 Å². The molecule has 6 nitrogen and oxygen atoms in total. The average molecular weight is 344 g/mol. The van der Waals surface area contributed by atoms with Gasteiger partial charge in [0.2, 0.25) is 15.9 Å². The number of nitrogens with one attached hydrogen (secondary N) is 1. The van der Waals surface area contributed by atoms with Gasteiger partial charge in [-0.3, -0.25) is 9.10 Å². The number of piperazine rings is 1. The molecule has 0 atom stereocenters. The van der Waals surface area contributed by atoms with Crippen LogP contribution in [0.3, 0.4) is 0 Å². The van der Waals surface area contributed by atoms with Crippen LogP contribution in [-0.2, 0) is 14.8 Å². The third kappa shape index (κ3) is 4.65. The molecule has 0 spiro atoms. The van der Waals surface area contributed by atoms with Gasteiger partial charge in [0.15, 0.2) is 0 Å². The zero-order valence-electron chi connectivity index (χ0n) is 13.5. The highest BCUT2D eigenvalue weighted by molar-refractivity contribution is 7.92. The number of carbonyl (C=O) groups is 1. The predicted octanol–water partition coefficient (Wildman–Crippen LogP) is -0.661. The second-order valence-electron chi connectivity index (χ2n) is 5.73. The van der Waals surface area contributed by atoms with Crippen molar-refractivity contribution in [3.05, 3.63) is 30.1 Å². The maximum Gasteiger partial charge on any atom is 0.243 e. The van der Waals surface area contributed by atoms with Crippen molar-refractivity contribution in [2.24, 2.45) is 0 Å². The number of quaternary nitrogens is 1. The monoisotopic (exact) mass is 344 g/mol. The van der Waals surface area contributed by atoms with Crippen molar-refractivity contribution in [1.82, 2.24) is 4.90 Å². The lowest BCUT2D eigenvalue weighted by Crippen LogP contribution is -3.14. The third-order valence-electron chi connectivity index (χ3n) is 4.10. The molecule has 8 heteroatoms. The summed E-state index contributed by atoms with van der Waals surface area (Å²) in [4.78, 5) is 15.5. The number of anilines is 1. The summed E-state index contributed by atoms with van der Waals surface area (Å²) in [6.45, 7) is 5.76. The molecule has 23 heavy (non-hydrogen) atoms. The second kappa shape index (κ2) is 7.27. The maximum absolute atomic E-state index is 13.4. The minimum absolute atomic E-state index is 0.165. The van der Waals surface area contributed by atoms with E-state index >= 15 is 0 Å². The van der Waals surface area contributed by atoms with Gasteiger partial charge in [-0.1, -0.05) is 6.07 Å². The number of nitrogens with zero attached hydrogens (tertiary/aromatic N) is 2. The zero-order chi connectivity index (χ0) is 17.0.